The second-order valence-corrected chi connectivity index (χ2v) is 9.86. The number of amides is 2. The monoisotopic (exact) mass is 578 g/mol. The molecule has 0 saturated heterocycles. The number of nitrogens with one attached hydrogen (secondary N) is 1. The maximum absolute atomic E-state index is 13.5. The van der Waals surface area contributed by atoms with Gasteiger partial charge in [-0.15, -0.1) is 0 Å². The fourth-order valence-corrected chi connectivity index (χ4v) is 5.18. The Morgan fingerprint density at radius 3 is 2.48 bits per heavy atom. The van der Waals surface area contributed by atoms with Crippen LogP contribution in [0.25, 0.3) is 0 Å². The summed E-state index contributed by atoms with van der Waals surface area (Å²) in [6.45, 7) is 4.10. The van der Waals surface area contributed by atoms with Crippen molar-refractivity contribution < 1.29 is 27.5 Å². The molecule has 3 N–H and O–H groups in total. The van der Waals surface area contributed by atoms with Gasteiger partial charge in [0.25, 0.3) is 0 Å². The van der Waals surface area contributed by atoms with Crippen molar-refractivity contribution in [1.29, 1.82) is 10.7 Å². The second kappa shape index (κ2) is 11.8. The van der Waals surface area contributed by atoms with E-state index in [-0.39, 0.29) is 17.0 Å². The Morgan fingerprint density at radius 2 is 1.88 bits per heavy atom. The van der Waals surface area contributed by atoms with Crippen LogP contribution >= 0.6 is 0 Å². The lowest BCUT2D eigenvalue weighted by Crippen LogP contribution is -2.55. The topological polar surface area (TPSA) is 128 Å². The number of urea groups is 1. The van der Waals surface area contributed by atoms with E-state index >= 15 is 0 Å². The minimum Gasteiger partial charge on any atom is -0.466 e. The average Bonchev–Trinajstić information content (AvgIpc) is 3.36. The zero-order chi connectivity index (χ0) is 30.8. The van der Waals surface area contributed by atoms with Crippen LogP contribution in [-0.2, 0) is 28.7 Å². The van der Waals surface area contributed by atoms with Crippen LogP contribution in [0.15, 0.2) is 72.2 Å². The first kappa shape index (κ1) is 29.9. The van der Waals surface area contributed by atoms with Crippen LogP contribution < -0.4 is 10.6 Å². The number of nitriles is 1. The Balaban J connectivity index is 1.87. The van der Waals surface area contributed by atoms with E-state index in [1.54, 1.807) is 12.1 Å². The lowest BCUT2D eigenvalue weighted by molar-refractivity contribution is -0.138. The number of halogens is 3. The van der Waals surface area contributed by atoms with Crippen LogP contribution in [0.5, 0.6) is 0 Å². The van der Waals surface area contributed by atoms with Gasteiger partial charge in [0.15, 0.2) is 0 Å². The van der Waals surface area contributed by atoms with Crippen molar-refractivity contribution in [2.45, 2.75) is 45.5 Å². The van der Waals surface area contributed by atoms with Crippen LogP contribution in [0.2, 0.25) is 0 Å². The third kappa shape index (κ3) is 5.85. The molecule has 0 bridgehead atoms. The van der Waals surface area contributed by atoms with Gasteiger partial charge in [-0.3, -0.25) is 15.2 Å². The van der Waals surface area contributed by atoms with Gasteiger partial charge < -0.3 is 15.0 Å². The molecule has 218 valence electrons. The summed E-state index contributed by atoms with van der Waals surface area (Å²) >= 11 is 0. The smallest absolute Gasteiger partial charge is 0.416 e. The molecule has 4 rings (SSSR count). The molecular formula is C30H29F3N6O3. The molecule has 0 saturated carbocycles. The molecule has 1 atom stereocenters. The van der Waals surface area contributed by atoms with Crippen molar-refractivity contribution in [3.63, 3.8) is 0 Å². The van der Waals surface area contributed by atoms with Gasteiger partial charge in [-0.1, -0.05) is 12.1 Å². The highest BCUT2D eigenvalue weighted by atomic mass is 19.4. The molecule has 1 aliphatic heterocycles. The van der Waals surface area contributed by atoms with Crippen molar-refractivity contribution in [3.8, 4) is 6.07 Å². The first-order valence-electron chi connectivity index (χ1n) is 13.0. The number of carbonyl (C=O) groups excluding carboxylic acids is 2. The summed E-state index contributed by atoms with van der Waals surface area (Å²) in [5.41, 5.74) is 7.24. The summed E-state index contributed by atoms with van der Waals surface area (Å²) in [7, 11) is 1.14. The fourth-order valence-electron chi connectivity index (χ4n) is 5.18. The van der Waals surface area contributed by atoms with Crippen LogP contribution in [0.1, 0.15) is 47.2 Å². The van der Waals surface area contributed by atoms with Gasteiger partial charge in [0.05, 0.1) is 29.9 Å². The number of benzene rings is 2. The van der Waals surface area contributed by atoms with E-state index in [0.717, 1.165) is 34.6 Å². The molecule has 2 amide bonds. The standard InChI is InChI=1S/C30H29F3N6O3/c1-18-11-13-37(17-18)12-5-6-21-14-20(16-34)9-10-24(21)26-25(27(40)42-3)19(2)38(28(35)39(26)29(36)41)23-8-4-7-22(15-23)30(31,32)33/h4,7-11,13-15,17,26,35H,5-6,12H2,1-3H3,(H2,36,41)/t26-/m1/s1. The molecular weight excluding hydrogens is 549 g/mol. The highest BCUT2D eigenvalue weighted by Crippen LogP contribution is 2.42. The van der Waals surface area contributed by atoms with E-state index in [0.29, 0.717) is 36.1 Å². The molecule has 9 nitrogen and oxygen atoms in total. The fraction of sp³-hybridized carbons (Fsp3) is 0.267. The SMILES string of the molecule is COC(=O)C1=C(C)N(c2cccc(C(F)(F)F)c2)C(=N)N(C(N)=O)[C@@H]1c1ccc(C#N)cc1CCCn1ccc(C)c1. The maximum Gasteiger partial charge on any atom is 0.416 e. The zero-order valence-corrected chi connectivity index (χ0v) is 23.2. The molecule has 12 heteroatoms. The molecule has 1 aromatic heterocycles. The van der Waals surface area contributed by atoms with Crippen molar-refractivity contribution >= 4 is 23.6 Å². The van der Waals surface area contributed by atoms with Gasteiger partial charge in [-0.25, -0.2) is 9.59 Å². The number of nitrogens with two attached hydrogens (primary N) is 1. The normalized spacial score (nSPS) is 15.5. The molecule has 2 heterocycles. The lowest BCUT2D eigenvalue weighted by atomic mass is 9.87. The summed E-state index contributed by atoms with van der Waals surface area (Å²) < 4.78 is 47.7. The number of esters is 1. The van der Waals surface area contributed by atoms with Gasteiger partial charge in [-0.2, -0.15) is 18.4 Å². The van der Waals surface area contributed by atoms with Crippen molar-refractivity contribution in [2.24, 2.45) is 5.73 Å². The summed E-state index contributed by atoms with van der Waals surface area (Å²) in [6.07, 6.45) is 0.364. The van der Waals surface area contributed by atoms with Crippen molar-refractivity contribution in [2.75, 3.05) is 12.0 Å². The van der Waals surface area contributed by atoms with E-state index in [1.807, 2.05) is 30.0 Å². The minimum atomic E-state index is -4.67. The van der Waals surface area contributed by atoms with Crippen LogP contribution in [0.3, 0.4) is 0 Å². The van der Waals surface area contributed by atoms with Crippen molar-refractivity contribution in [1.82, 2.24) is 9.47 Å². The predicted octanol–water partition coefficient (Wildman–Crippen LogP) is 5.64. The molecule has 1 aliphatic rings. The maximum atomic E-state index is 13.5. The lowest BCUT2D eigenvalue weighted by Gasteiger charge is -2.43. The van der Waals surface area contributed by atoms with E-state index in [2.05, 4.69) is 6.07 Å². The predicted molar refractivity (Wildman–Crippen MR) is 149 cm³/mol. The van der Waals surface area contributed by atoms with Gasteiger partial charge >= 0.3 is 18.2 Å². The van der Waals surface area contributed by atoms with Gasteiger partial charge in [0.1, 0.15) is 6.04 Å². The first-order chi connectivity index (χ1) is 19.9. The van der Waals surface area contributed by atoms with Gasteiger partial charge in [0.2, 0.25) is 5.96 Å². The van der Waals surface area contributed by atoms with E-state index in [9.17, 15) is 28.0 Å². The largest absolute Gasteiger partial charge is 0.466 e. The van der Waals surface area contributed by atoms with E-state index in [1.165, 1.54) is 25.1 Å². The number of carbonyl (C=O) groups is 2. The Hall–Kier alpha value is -5.05. The molecule has 3 aromatic rings. The molecule has 0 aliphatic carbocycles. The van der Waals surface area contributed by atoms with Crippen LogP contribution in [-0.4, -0.2) is 34.5 Å². The second-order valence-electron chi connectivity index (χ2n) is 9.86. The number of aryl methyl sites for hydroxylation is 3. The molecule has 42 heavy (non-hydrogen) atoms. The quantitative estimate of drug-likeness (QED) is 0.351. The number of nitrogens with zero attached hydrogens (tertiary/aromatic N) is 4. The summed E-state index contributed by atoms with van der Waals surface area (Å²) in [5, 5.41) is 18.5. The molecule has 0 fully saturated rings. The van der Waals surface area contributed by atoms with Crippen LogP contribution in [0, 0.1) is 23.7 Å². The summed E-state index contributed by atoms with van der Waals surface area (Å²) in [4.78, 5) is 28.1. The first-order valence-corrected chi connectivity index (χ1v) is 13.0. The zero-order valence-electron chi connectivity index (χ0n) is 23.2. The number of hydrogen-bond donors (Lipinski definition) is 2. The number of ether oxygens (including phenoxy) is 1. The number of rotatable bonds is 7. The number of anilines is 1. The average molecular weight is 579 g/mol. The number of hydrogen-bond acceptors (Lipinski definition) is 5. The third-order valence-electron chi connectivity index (χ3n) is 7.10. The van der Waals surface area contributed by atoms with E-state index in [4.69, 9.17) is 15.9 Å². The molecule has 0 spiro atoms. The number of allylic oxidation sites excluding steroid dienone is 1. The number of methoxy groups -OCH3 is 1. The summed E-state index contributed by atoms with van der Waals surface area (Å²) in [6, 6.07) is 10.7. The Kier molecular flexibility index (Phi) is 8.42. The molecule has 2 aromatic carbocycles. The Labute approximate surface area is 240 Å². The number of aromatic nitrogens is 1. The summed E-state index contributed by atoms with van der Waals surface area (Å²) in [5.74, 6) is -1.40. The Bertz CT molecular complexity index is 1620. The number of alkyl halides is 3. The van der Waals surface area contributed by atoms with Gasteiger partial charge in [-0.05, 0) is 79.8 Å². The minimum absolute atomic E-state index is 0.0864. The van der Waals surface area contributed by atoms with Crippen molar-refractivity contribution in [3.05, 3.63) is 100 Å². The van der Waals surface area contributed by atoms with Crippen LogP contribution in [0.4, 0.5) is 23.7 Å². The Morgan fingerprint density at radius 1 is 1.14 bits per heavy atom. The highest BCUT2D eigenvalue weighted by Gasteiger charge is 2.44. The van der Waals surface area contributed by atoms with E-state index < -0.39 is 35.7 Å². The van der Waals surface area contributed by atoms with Gasteiger partial charge in [0, 0.05) is 30.3 Å². The molecule has 0 radical (unpaired) electrons. The third-order valence-corrected chi connectivity index (χ3v) is 7.10. The highest BCUT2D eigenvalue weighted by molar-refractivity contribution is 6.10. The molecule has 0 unspecified atom stereocenters. The number of guanidine groups is 1. The number of primary amides is 1.